The third-order valence-corrected chi connectivity index (χ3v) is 4.85. The Labute approximate surface area is 118 Å². The van der Waals surface area contributed by atoms with E-state index in [1.807, 2.05) is 0 Å². The first-order valence-electron chi connectivity index (χ1n) is 7.71. The summed E-state index contributed by atoms with van der Waals surface area (Å²) in [5, 5.41) is 3.74. The van der Waals surface area contributed by atoms with Crippen LogP contribution in [0.3, 0.4) is 0 Å². The third kappa shape index (κ3) is 3.60. The number of nitrogens with one attached hydrogen (secondary N) is 1. The normalized spacial score (nSPS) is 27.7. The lowest BCUT2D eigenvalue weighted by Gasteiger charge is -2.21. The molecule has 0 aromatic heterocycles. The molecule has 0 bridgehead atoms. The van der Waals surface area contributed by atoms with Gasteiger partial charge in [0.1, 0.15) is 0 Å². The summed E-state index contributed by atoms with van der Waals surface area (Å²) in [6.07, 6.45) is 2.71. The Kier molecular flexibility index (Phi) is 4.35. The van der Waals surface area contributed by atoms with Crippen LogP contribution in [0.4, 0.5) is 0 Å². The van der Waals surface area contributed by atoms with Gasteiger partial charge in [0.05, 0.1) is 0 Å². The van der Waals surface area contributed by atoms with Crippen LogP contribution in [-0.4, -0.2) is 6.04 Å². The molecule has 1 aliphatic carbocycles. The first-order valence-corrected chi connectivity index (χ1v) is 7.71. The predicted octanol–water partition coefficient (Wildman–Crippen LogP) is 4.51. The molecule has 106 valence electrons. The van der Waals surface area contributed by atoms with Crippen LogP contribution >= 0.6 is 0 Å². The molecule has 3 unspecified atom stereocenters. The van der Waals surface area contributed by atoms with Gasteiger partial charge >= 0.3 is 0 Å². The van der Waals surface area contributed by atoms with E-state index >= 15 is 0 Å². The second-order valence-corrected chi connectivity index (χ2v) is 7.35. The fourth-order valence-electron chi connectivity index (χ4n) is 3.02. The van der Waals surface area contributed by atoms with Crippen LogP contribution in [0, 0.1) is 11.8 Å². The van der Waals surface area contributed by atoms with E-state index in [9.17, 15) is 0 Å². The molecule has 1 N–H and O–H groups in total. The predicted molar refractivity (Wildman–Crippen MR) is 83.3 cm³/mol. The molecule has 0 amide bonds. The van der Waals surface area contributed by atoms with Crippen LogP contribution in [0.2, 0.25) is 0 Å². The minimum Gasteiger partial charge on any atom is -0.310 e. The number of hydrogen-bond acceptors (Lipinski definition) is 1. The Morgan fingerprint density at radius 2 is 1.68 bits per heavy atom. The average Bonchev–Trinajstić information content (AvgIpc) is 2.67. The molecule has 0 spiro atoms. The minimum absolute atomic E-state index is 0.251. The van der Waals surface area contributed by atoms with Crippen molar-refractivity contribution >= 4 is 0 Å². The molecule has 1 aliphatic rings. The van der Waals surface area contributed by atoms with Gasteiger partial charge in [0.2, 0.25) is 0 Å². The zero-order valence-corrected chi connectivity index (χ0v) is 13.2. The highest BCUT2D eigenvalue weighted by Gasteiger charge is 2.28. The smallest absolute Gasteiger partial charge is 0.0208 e. The first kappa shape index (κ1) is 14.6. The molecule has 0 heterocycles. The van der Waals surface area contributed by atoms with Gasteiger partial charge in [-0.15, -0.1) is 0 Å². The maximum atomic E-state index is 3.74. The van der Waals surface area contributed by atoms with Crippen molar-refractivity contribution in [3.8, 4) is 0 Å². The Morgan fingerprint density at radius 1 is 1.05 bits per heavy atom. The zero-order valence-electron chi connectivity index (χ0n) is 13.2. The highest BCUT2D eigenvalue weighted by atomic mass is 14.9. The van der Waals surface area contributed by atoms with Crippen molar-refractivity contribution in [3.63, 3.8) is 0 Å². The SMILES string of the molecule is CC1CCC(NCc2ccc(C(C)(C)C)cc2)C1C. The Morgan fingerprint density at radius 3 is 2.16 bits per heavy atom. The van der Waals surface area contributed by atoms with E-state index in [4.69, 9.17) is 0 Å². The van der Waals surface area contributed by atoms with Crippen LogP contribution in [0.15, 0.2) is 24.3 Å². The van der Waals surface area contributed by atoms with Crippen LogP contribution in [-0.2, 0) is 12.0 Å². The fraction of sp³-hybridized carbons (Fsp3) is 0.667. The van der Waals surface area contributed by atoms with Crippen molar-refractivity contribution in [2.24, 2.45) is 11.8 Å². The minimum atomic E-state index is 0.251. The van der Waals surface area contributed by atoms with E-state index < -0.39 is 0 Å². The van der Waals surface area contributed by atoms with E-state index in [0.717, 1.165) is 18.4 Å². The third-order valence-electron chi connectivity index (χ3n) is 4.85. The maximum Gasteiger partial charge on any atom is 0.0208 e. The number of benzene rings is 1. The average molecular weight is 259 g/mol. The number of rotatable bonds is 3. The molecule has 1 saturated carbocycles. The van der Waals surface area contributed by atoms with Gasteiger partial charge in [0.15, 0.2) is 0 Å². The van der Waals surface area contributed by atoms with E-state index in [0.29, 0.717) is 6.04 Å². The Balaban J connectivity index is 1.90. The molecule has 0 radical (unpaired) electrons. The first-order chi connectivity index (χ1) is 8.88. The highest BCUT2D eigenvalue weighted by molar-refractivity contribution is 5.27. The molecule has 3 atom stereocenters. The molecule has 1 heteroatoms. The van der Waals surface area contributed by atoms with E-state index in [-0.39, 0.29) is 5.41 Å². The van der Waals surface area contributed by atoms with Crippen molar-refractivity contribution in [1.82, 2.24) is 5.32 Å². The van der Waals surface area contributed by atoms with Gasteiger partial charge in [-0.25, -0.2) is 0 Å². The second-order valence-electron chi connectivity index (χ2n) is 7.35. The summed E-state index contributed by atoms with van der Waals surface area (Å²) in [5.41, 5.74) is 3.07. The molecular formula is C18H29N. The van der Waals surface area contributed by atoms with Gasteiger partial charge in [-0.2, -0.15) is 0 Å². The molecule has 19 heavy (non-hydrogen) atoms. The summed E-state index contributed by atoms with van der Waals surface area (Å²) < 4.78 is 0. The standard InChI is InChI=1S/C18H29N/c1-13-6-11-17(14(13)2)19-12-15-7-9-16(10-8-15)18(3,4)5/h7-10,13-14,17,19H,6,11-12H2,1-5H3. The summed E-state index contributed by atoms with van der Waals surface area (Å²) in [5.74, 6) is 1.69. The topological polar surface area (TPSA) is 12.0 Å². The summed E-state index contributed by atoms with van der Waals surface area (Å²) in [4.78, 5) is 0. The van der Waals surface area contributed by atoms with Crippen molar-refractivity contribution in [1.29, 1.82) is 0 Å². The number of hydrogen-bond donors (Lipinski definition) is 1. The van der Waals surface area contributed by atoms with Crippen LogP contribution in [0.1, 0.15) is 58.6 Å². The molecule has 0 saturated heterocycles. The van der Waals surface area contributed by atoms with E-state index in [2.05, 4.69) is 64.2 Å². The van der Waals surface area contributed by atoms with E-state index in [1.54, 1.807) is 0 Å². The maximum absolute atomic E-state index is 3.74. The van der Waals surface area contributed by atoms with Gasteiger partial charge in [-0.3, -0.25) is 0 Å². The van der Waals surface area contributed by atoms with Gasteiger partial charge in [-0.05, 0) is 41.2 Å². The van der Waals surface area contributed by atoms with Gasteiger partial charge in [0, 0.05) is 12.6 Å². The van der Waals surface area contributed by atoms with E-state index in [1.165, 1.54) is 24.0 Å². The van der Waals surface area contributed by atoms with Crippen LogP contribution in [0.25, 0.3) is 0 Å². The lowest BCUT2D eigenvalue weighted by atomic mass is 9.87. The molecule has 1 aromatic rings. The van der Waals surface area contributed by atoms with Crippen molar-refractivity contribution in [3.05, 3.63) is 35.4 Å². The summed E-state index contributed by atoms with van der Waals surface area (Å²) in [6, 6.07) is 9.81. The largest absolute Gasteiger partial charge is 0.310 e. The molecule has 2 rings (SSSR count). The molecule has 1 nitrogen and oxygen atoms in total. The lowest BCUT2D eigenvalue weighted by molar-refractivity contribution is 0.370. The summed E-state index contributed by atoms with van der Waals surface area (Å²) >= 11 is 0. The van der Waals surface area contributed by atoms with Crippen LogP contribution in [0.5, 0.6) is 0 Å². The molecule has 0 aliphatic heterocycles. The molecule has 1 fully saturated rings. The van der Waals surface area contributed by atoms with Gasteiger partial charge in [0.25, 0.3) is 0 Å². The summed E-state index contributed by atoms with van der Waals surface area (Å²) in [7, 11) is 0. The molecule has 1 aromatic carbocycles. The quantitative estimate of drug-likeness (QED) is 0.842. The zero-order chi connectivity index (χ0) is 14.0. The van der Waals surface area contributed by atoms with Crippen molar-refractivity contribution in [2.75, 3.05) is 0 Å². The van der Waals surface area contributed by atoms with Crippen LogP contribution < -0.4 is 5.32 Å². The Hall–Kier alpha value is -0.820. The second kappa shape index (κ2) is 5.66. The lowest BCUT2D eigenvalue weighted by Crippen LogP contribution is -2.31. The monoisotopic (exact) mass is 259 g/mol. The highest BCUT2D eigenvalue weighted by Crippen LogP contribution is 2.31. The Bertz CT molecular complexity index is 399. The van der Waals surface area contributed by atoms with Gasteiger partial charge in [-0.1, -0.05) is 58.9 Å². The molecular weight excluding hydrogens is 230 g/mol. The fourth-order valence-corrected chi connectivity index (χ4v) is 3.02. The van der Waals surface area contributed by atoms with Gasteiger partial charge < -0.3 is 5.32 Å². The van der Waals surface area contributed by atoms with Crippen molar-refractivity contribution in [2.45, 2.75) is 65.5 Å². The van der Waals surface area contributed by atoms with Crippen molar-refractivity contribution < 1.29 is 0 Å². The summed E-state index contributed by atoms with van der Waals surface area (Å²) in [6.45, 7) is 12.6.